The van der Waals surface area contributed by atoms with Gasteiger partial charge in [-0.3, -0.25) is 9.11 Å². The molecule has 0 aliphatic carbocycles. The molecule has 7 nitrogen and oxygen atoms in total. The second-order valence-electron chi connectivity index (χ2n) is 0.794. The van der Waals surface area contributed by atoms with E-state index in [-0.39, 0.29) is 17.1 Å². The van der Waals surface area contributed by atoms with Crippen molar-refractivity contribution >= 4 is 17.7 Å². The average Bonchev–Trinajstić information content (AvgIpc) is 1.19. The molecule has 63 valence electrons. The van der Waals surface area contributed by atoms with Gasteiger partial charge in [-0.2, -0.15) is 8.42 Å². The molecule has 1 radical (unpaired) electrons. The zero-order chi connectivity index (χ0) is 8.08. The first-order valence-electron chi connectivity index (χ1n) is 1.47. The fourth-order valence-corrected chi connectivity index (χ4v) is 0. The molecular formula is H5BMnO7S. The Morgan fingerprint density at radius 1 is 1.00 bits per heavy atom. The average molecular weight is 215 g/mol. The summed E-state index contributed by atoms with van der Waals surface area (Å²) >= 11 is 0. The quantitative estimate of drug-likeness (QED) is 0.219. The summed E-state index contributed by atoms with van der Waals surface area (Å²) in [5.41, 5.74) is 0. The molecule has 5 N–H and O–H groups in total. The van der Waals surface area contributed by atoms with Crippen molar-refractivity contribution in [2.24, 2.45) is 0 Å². The summed E-state index contributed by atoms with van der Waals surface area (Å²) in [6, 6.07) is 0. The van der Waals surface area contributed by atoms with Crippen LogP contribution in [0.1, 0.15) is 0 Å². The van der Waals surface area contributed by atoms with Crippen molar-refractivity contribution in [2.75, 3.05) is 0 Å². The van der Waals surface area contributed by atoms with E-state index in [4.69, 9.17) is 32.6 Å². The van der Waals surface area contributed by atoms with Crippen molar-refractivity contribution < 1.29 is 49.7 Å². The van der Waals surface area contributed by atoms with Crippen LogP contribution >= 0.6 is 0 Å². The van der Waals surface area contributed by atoms with Crippen LogP contribution in [0.2, 0.25) is 0 Å². The summed E-state index contributed by atoms with van der Waals surface area (Å²) in [6.07, 6.45) is 0. The van der Waals surface area contributed by atoms with Crippen molar-refractivity contribution in [3.8, 4) is 0 Å². The predicted octanol–water partition coefficient (Wildman–Crippen LogP) is -2.71. The van der Waals surface area contributed by atoms with Crippen LogP contribution < -0.4 is 0 Å². The third kappa shape index (κ3) is 4010. The van der Waals surface area contributed by atoms with E-state index in [1.807, 2.05) is 0 Å². The van der Waals surface area contributed by atoms with E-state index in [1.54, 1.807) is 0 Å². The maximum absolute atomic E-state index is 8.74. The Labute approximate surface area is 67.9 Å². The minimum Gasteiger partial charge on any atom is -0.402 e. The van der Waals surface area contributed by atoms with Crippen molar-refractivity contribution in [1.82, 2.24) is 0 Å². The molecule has 0 aromatic heterocycles. The zero-order valence-electron chi connectivity index (χ0n) is 4.42. The van der Waals surface area contributed by atoms with E-state index in [0.717, 1.165) is 0 Å². The Morgan fingerprint density at radius 2 is 1.00 bits per heavy atom. The van der Waals surface area contributed by atoms with Gasteiger partial charge in [-0.15, -0.1) is 0 Å². The largest absolute Gasteiger partial charge is 0.631 e. The van der Waals surface area contributed by atoms with Gasteiger partial charge in [-0.1, -0.05) is 0 Å². The molecule has 0 unspecified atom stereocenters. The first kappa shape index (κ1) is 16.7. The molecule has 0 aromatic carbocycles. The van der Waals surface area contributed by atoms with Gasteiger partial charge in [-0.25, -0.2) is 0 Å². The van der Waals surface area contributed by atoms with Gasteiger partial charge >= 0.3 is 17.7 Å². The summed E-state index contributed by atoms with van der Waals surface area (Å²) in [6.45, 7) is 0. The Morgan fingerprint density at radius 3 is 1.00 bits per heavy atom. The van der Waals surface area contributed by atoms with Gasteiger partial charge in [0.2, 0.25) is 0 Å². The molecule has 0 fully saturated rings. The third-order valence-corrected chi connectivity index (χ3v) is 0. The van der Waals surface area contributed by atoms with Crippen LogP contribution in [0.3, 0.4) is 0 Å². The molecule has 0 rings (SSSR count). The van der Waals surface area contributed by atoms with E-state index in [1.165, 1.54) is 0 Å². The van der Waals surface area contributed by atoms with Gasteiger partial charge in [0.25, 0.3) is 0 Å². The van der Waals surface area contributed by atoms with Crippen LogP contribution in [0.5, 0.6) is 0 Å². The summed E-state index contributed by atoms with van der Waals surface area (Å²) < 4.78 is 31.6. The van der Waals surface area contributed by atoms with Crippen LogP contribution in [-0.2, 0) is 27.5 Å². The summed E-state index contributed by atoms with van der Waals surface area (Å²) in [4.78, 5) is 0. The fourth-order valence-electron chi connectivity index (χ4n) is 0. The maximum atomic E-state index is 8.74. The van der Waals surface area contributed by atoms with Gasteiger partial charge in [0, 0.05) is 17.1 Å². The molecular weight excluding hydrogens is 210 g/mol. The van der Waals surface area contributed by atoms with E-state index in [2.05, 4.69) is 0 Å². The molecule has 0 atom stereocenters. The molecule has 0 aliphatic heterocycles. The van der Waals surface area contributed by atoms with Crippen LogP contribution in [-0.4, -0.2) is 39.9 Å². The Bertz CT molecular complexity index is 125. The smallest absolute Gasteiger partial charge is 0.402 e. The molecule has 0 saturated heterocycles. The molecule has 10 heteroatoms. The third-order valence-electron chi connectivity index (χ3n) is 0. The van der Waals surface area contributed by atoms with Crippen LogP contribution in [0, 0.1) is 0 Å². The molecule has 0 bridgehead atoms. The zero-order valence-corrected chi connectivity index (χ0v) is 6.41. The van der Waals surface area contributed by atoms with Gasteiger partial charge in [0.05, 0.1) is 0 Å². The summed E-state index contributed by atoms with van der Waals surface area (Å²) in [5.74, 6) is 0. The number of rotatable bonds is 0. The molecule has 10 heavy (non-hydrogen) atoms. The summed E-state index contributed by atoms with van der Waals surface area (Å²) in [5, 5.41) is 21.5. The van der Waals surface area contributed by atoms with Crippen molar-refractivity contribution in [3.63, 3.8) is 0 Å². The van der Waals surface area contributed by atoms with E-state index in [0.29, 0.717) is 0 Å². The predicted molar refractivity (Wildman–Crippen MR) is 26.6 cm³/mol. The Hall–Kier alpha value is 0.334. The topological polar surface area (TPSA) is 135 Å². The molecule has 0 aromatic rings. The normalized spacial score (nSPS) is 8.50. The molecule has 0 saturated carbocycles. The van der Waals surface area contributed by atoms with Crippen LogP contribution in [0.15, 0.2) is 0 Å². The Balaban J connectivity index is -0.0000000910. The van der Waals surface area contributed by atoms with Crippen molar-refractivity contribution in [3.05, 3.63) is 0 Å². The van der Waals surface area contributed by atoms with Crippen molar-refractivity contribution in [1.29, 1.82) is 0 Å². The van der Waals surface area contributed by atoms with E-state index < -0.39 is 17.7 Å². The number of hydrogen-bond donors (Lipinski definition) is 5. The fraction of sp³-hybridized carbons (Fsp3) is 0. The number of hydrogen-bond acceptors (Lipinski definition) is 5. The second kappa shape index (κ2) is 7.44. The van der Waals surface area contributed by atoms with Gasteiger partial charge < -0.3 is 15.1 Å². The second-order valence-corrected chi connectivity index (χ2v) is 1.69. The minimum absolute atomic E-state index is 0. The maximum Gasteiger partial charge on any atom is 0.631 e. The minimum atomic E-state index is -4.67. The molecule has 0 amide bonds. The van der Waals surface area contributed by atoms with Gasteiger partial charge in [0.1, 0.15) is 0 Å². The first-order chi connectivity index (χ1) is 3.73. The monoisotopic (exact) mass is 215 g/mol. The van der Waals surface area contributed by atoms with E-state index >= 15 is 0 Å². The first-order valence-corrected chi connectivity index (χ1v) is 2.87. The van der Waals surface area contributed by atoms with Gasteiger partial charge in [-0.05, 0) is 0 Å². The van der Waals surface area contributed by atoms with E-state index in [9.17, 15) is 0 Å². The molecule has 0 spiro atoms. The van der Waals surface area contributed by atoms with Crippen LogP contribution in [0.4, 0.5) is 0 Å². The standard InChI is InChI=1S/BH3O3.Mn.H2O4S/c2-1(3)4;;1-5(2,3)4/h2-4H;;(H2,1,2,3,4). The SMILES string of the molecule is O=S(=O)(O)O.OB(O)O.[Mn]. The van der Waals surface area contributed by atoms with Crippen LogP contribution in [0.25, 0.3) is 0 Å². The van der Waals surface area contributed by atoms with Gasteiger partial charge in [0.15, 0.2) is 0 Å². The summed E-state index contributed by atoms with van der Waals surface area (Å²) in [7, 11) is -6.83. The molecule has 0 heterocycles. The molecule has 0 aliphatic rings. The Kier molecular flexibility index (Phi) is 12.5. The van der Waals surface area contributed by atoms with Crippen molar-refractivity contribution in [2.45, 2.75) is 0 Å².